The maximum absolute atomic E-state index is 10.5. The van der Waals surface area contributed by atoms with Crippen LogP contribution in [0.4, 0.5) is 5.88 Å². The summed E-state index contributed by atoms with van der Waals surface area (Å²) in [6.45, 7) is -1.57. The smallest absolute Gasteiger partial charge is 0.371 e. The first-order valence-electron chi connectivity index (χ1n) is 4.51. The van der Waals surface area contributed by atoms with Gasteiger partial charge in [-0.15, -0.1) is 0 Å². The van der Waals surface area contributed by atoms with Gasteiger partial charge in [0.05, 0.1) is 19.8 Å². The monoisotopic (exact) mass is 231 g/mol. The van der Waals surface area contributed by atoms with Crippen molar-refractivity contribution in [3.63, 3.8) is 0 Å². The Hall–Kier alpha value is -1.57. The third-order valence-electron chi connectivity index (χ3n) is 2.11. The van der Waals surface area contributed by atoms with Gasteiger partial charge in [-0.2, -0.15) is 0 Å². The fraction of sp³-hybridized carbons (Fsp3) is 0.444. The normalized spacial score (nSPS) is 11.4. The van der Waals surface area contributed by atoms with E-state index in [0.717, 1.165) is 0 Å². The third-order valence-corrected chi connectivity index (χ3v) is 2.11. The van der Waals surface area contributed by atoms with E-state index in [4.69, 9.17) is 24.8 Å². The third kappa shape index (κ3) is 2.51. The fourth-order valence-corrected chi connectivity index (χ4v) is 1.05. The van der Waals surface area contributed by atoms with Gasteiger partial charge in [0.1, 0.15) is 5.54 Å². The molecule has 1 aromatic rings. The summed E-state index contributed by atoms with van der Waals surface area (Å²) in [5.74, 6) is -1.45. The first kappa shape index (κ1) is 12.5. The summed E-state index contributed by atoms with van der Waals surface area (Å²) in [6, 6.07) is 2.56. The van der Waals surface area contributed by atoms with Crippen molar-refractivity contribution in [3.05, 3.63) is 17.9 Å². The van der Waals surface area contributed by atoms with E-state index in [2.05, 4.69) is 5.32 Å². The molecule has 1 heterocycles. The molecule has 0 saturated heterocycles. The molecule has 0 aliphatic heterocycles. The number of furan rings is 1. The average molecular weight is 231 g/mol. The van der Waals surface area contributed by atoms with E-state index < -0.39 is 31.3 Å². The summed E-state index contributed by atoms with van der Waals surface area (Å²) < 4.78 is 4.86. The number of hydrogen-bond donors (Lipinski definition) is 5. The van der Waals surface area contributed by atoms with Crippen LogP contribution in [-0.4, -0.2) is 51.8 Å². The van der Waals surface area contributed by atoms with Crippen molar-refractivity contribution in [2.75, 3.05) is 25.1 Å². The average Bonchev–Trinajstić information content (AvgIpc) is 2.74. The van der Waals surface area contributed by atoms with Crippen LogP contribution in [0.1, 0.15) is 10.6 Å². The Kier molecular flexibility index (Phi) is 3.88. The van der Waals surface area contributed by atoms with Crippen LogP contribution in [0.2, 0.25) is 0 Å². The predicted octanol–water partition coefficient (Wildman–Crippen LogP) is -0.895. The van der Waals surface area contributed by atoms with Crippen molar-refractivity contribution in [1.29, 1.82) is 0 Å². The lowest BCUT2D eigenvalue weighted by Crippen LogP contribution is -2.49. The molecule has 16 heavy (non-hydrogen) atoms. The minimum atomic E-state index is -1.34. The summed E-state index contributed by atoms with van der Waals surface area (Å²) in [5, 5.41) is 38.2. The Bertz CT molecular complexity index is 348. The Labute approximate surface area is 90.9 Å². The van der Waals surface area contributed by atoms with Gasteiger partial charge in [-0.25, -0.2) is 4.79 Å². The molecule has 1 aromatic heterocycles. The van der Waals surface area contributed by atoms with Gasteiger partial charge in [-0.05, 0) is 6.07 Å². The molecule has 7 heteroatoms. The Morgan fingerprint density at radius 3 is 2.19 bits per heavy atom. The van der Waals surface area contributed by atoms with Crippen molar-refractivity contribution >= 4 is 11.9 Å². The van der Waals surface area contributed by atoms with Crippen molar-refractivity contribution in [2.45, 2.75) is 5.54 Å². The van der Waals surface area contributed by atoms with E-state index in [1.54, 1.807) is 0 Å². The second-order valence-corrected chi connectivity index (χ2v) is 3.35. The van der Waals surface area contributed by atoms with E-state index in [-0.39, 0.29) is 11.6 Å². The number of anilines is 1. The van der Waals surface area contributed by atoms with Crippen LogP contribution in [0, 0.1) is 0 Å². The maximum Gasteiger partial charge on any atom is 0.371 e. The summed E-state index contributed by atoms with van der Waals surface area (Å²) >= 11 is 0. The molecule has 0 spiro atoms. The minimum absolute atomic E-state index is 0.0505. The lowest BCUT2D eigenvalue weighted by atomic mass is 10.0. The molecule has 1 rings (SSSR count). The molecule has 0 unspecified atom stereocenters. The topological polar surface area (TPSA) is 123 Å². The largest absolute Gasteiger partial charge is 0.475 e. The number of carboxylic acid groups (broad SMARTS) is 1. The van der Waals surface area contributed by atoms with E-state index in [1.807, 2.05) is 0 Å². The van der Waals surface area contributed by atoms with Crippen molar-refractivity contribution in [2.24, 2.45) is 0 Å². The number of aliphatic hydroxyl groups is 3. The Morgan fingerprint density at radius 2 is 1.81 bits per heavy atom. The SMILES string of the molecule is O=C(O)c1ccc(NC(CO)(CO)CO)o1. The zero-order valence-corrected chi connectivity index (χ0v) is 8.38. The van der Waals surface area contributed by atoms with Crippen LogP contribution in [-0.2, 0) is 0 Å². The zero-order valence-electron chi connectivity index (χ0n) is 8.38. The van der Waals surface area contributed by atoms with Gasteiger partial charge in [0.25, 0.3) is 0 Å². The molecule has 90 valence electrons. The van der Waals surface area contributed by atoms with Crippen molar-refractivity contribution in [1.82, 2.24) is 0 Å². The lowest BCUT2D eigenvalue weighted by molar-refractivity contribution is 0.0661. The molecule has 0 fully saturated rings. The minimum Gasteiger partial charge on any atom is -0.475 e. The summed E-state index contributed by atoms with van der Waals surface area (Å²) in [4.78, 5) is 10.5. The highest BCUT2D eigenvalue weighted by atomic mass is 16.4. The molecule has 5 N–H and O–H groups in total. The van der Waals surface area contributed by atoms with Crippen molar-refractivity contribution < 1.29 is 29.6 Å². The van der Waals surface area contributed by atoms with Crippen LogP contribution < -0.4 is 5.32 Å². The lowest BCUT2D eigenvalue weighted by Gasteiger charge is -2.28. The molecule has 0 aromatic carbocycles. The van der Waals surface area contributed by atoms with Gasteiger partial charge < -0.3 is 30.2 Å². The predicted molar refractivity (Wildman–Crippen MR) is 53.3 cm³/mol. The molecule has 0 aliphatic rings. The Morgan fingerprint density at radius 1 is 1.25 bits per heavy atom. The van der Waals surface area contributed by atoms with Crippen LogP contribution >= 0.6 is 0 Å². The van der Waals surface area contributed by atoms with Crippen LogP contribution in [0.5, 0.6) is 0 Å². The van der Waals surface area contributed by atoms with E-state index in [1.165, 1.54) is 12.1 Å². The van der Waals surface area contributed by atoms with E-state index in [9.17, 15) is 4.79 Å². The molecule has 0 atom stereocenters. The fourth-order valence-electron chi connectivity index (χ4n) is 1.05. The Balaban J connectivity index is 2.81. The second kappa shape index (κ2) is 4.97. The molecular weight excluding hydrogens is 218 g/mol. The zero-order chi connectivity index (χ0) is 12.2. The van der Waals surface area contributed by atoms with Gasteiger partial charge in [-0.1, -0.05) is 0 Å². The summed E-state index contributed by atoms with van der Waals surface area (Å²) in [6.07, 6.45) is 0. The standard InChI is InChI=1S/C9H13NO6/c11-3-9(4-12,5-13)10-7-2-1-6(16-7)8(14)15/h1-2,10-13H,3-5H2,(H,14,15). The highest BCUT2D eigenvalue weighted by Crippen LogP contribution is 2.18. The summed E-state index contributed by atoms with van der Waals surface area (Å²) in [7, 11) is 0. The molecule has 7 nitrogen and oxygen atoms in total. The first-order chi connectivity index (χ1) is 7.56. The maximum atomic E-state index is 10.5. The summed E-state index contributed by atoms with van der Waals surface area (Å²) in [5.41, 5.74) is -1.34. The van der Waals surface area contributed by atoms with Gasteiger partial charge >= 0.3 is 5.97 Å². The number of aliphatic hydroxyl groups excluding tert-OH is 3. The van der Waals surface area contributed by atoms with Gasteiger partial charge in [0.15, 0.2) is 5.88 Å². The second-order valence-electron chi connectivity index (χ2n) is 3.35. The molecule has 0 saturated carbocycles. The molecule has 0 bridgehead atoms. The number of rotatable bonds is 6. The van der Waals surface area contributed by atoms with Gasteiger partial charge in [0.2, 0.25) is 5.76 Å². The van der Waals surface area contributed by atoms with E-state index in [0.29, 0.717) is 0 Å². The van der Waals surface area contributed by atoms with Crippen molar-refractivity contribution in [3.8, 4) is 0 Å². The number of nitrogens with one attached hydrogen (secondary N) is 1. The first-order valence-corrected chi connectivity index (χ1v) is 4.51. The van der Waals surface area contributed by atoms with Crippen LogP contribution in [0.25, 0.3) is 0 Å². The molecular formula is C9H13NO6. The number of hydrogen-bond acceptors (Lipinski definition) is 6. The highest BCUT2D eigenvalue weighted by Gasteiger charge is 2.29. The van der Waals surface area contributed by atoms with Crippen LogP contribution in [0.15, 0.2) is 16.5 Å². The van der Waals surface area contributed by atoms with Gasteiger partial charge in [-0.3, -0.25) is 0 Å². The van der Waals surface area contributed by atoms with Gasteiger partial charge in [0, 0.05) is 6.07 Å². The molecule has 0 amide bonds. The van der Waals surface area contributed by atoms with E-state index >= 15 is 0 Å². The number of carboxylic acids is 1. The molecule has 0 aliphatic carbocycles. The number of aromatic carboxylic acids is 1. The van der Waals surface area contributed by atoms with Crippen LogP contribution in [0.3, 0.4) is 0 Å². The molecule has 0 radical (unpaired) electrons. The number of carbonyl (C=O) groups is 1. The highest BCUT2D eigenvalue weighted by molar-refractivity contribution is 5.84. The quantitative estimate of drug-likeness (QED) is 0.430.